The van der Waals surface area contributed by atoms with Gasteiger partial charge in [0.25, 0.3) is 5.91 Å². The van der Waals surface area contributed by atoms with Crippen molar-refractivity contribution in [2.45, 2.75) is 45.8 Å². The van der Waals surface area contributed by atoms with Crippen LogP contribution in [-0.2, 0) is 4.79 Å². The van der Waals surface area contributed by atoms with E-state index in [0.29, 0.717) is 30.2 Å². The monoisotopic (exact) mass is 591 g/mol. The number of amides is 2. The summed E-state index contributed by atoms with van der Waals surface area (Å²) in [6.07, 6.45) is 4.91. The Bertz CT molecular complexity index is 1660. The van der Waals surface area contributed by atoms with Crippen LogP contribution in [-0.4, -0.2) is 74.6 Å². The van der Waals surface area contributed by atoms with Crippen molar-refractivity contribution in [3.8, 4) is 11.3 Å². The number of halogens is 2. The van der Waals surface area contributed by atoms with E-state index in [1.54, 1.807) is 50.5 Å². The van der Waals surface area contributed by atoms with Gasteiger partial charge < -0.3 is 26.2 Å². The molecule has 0 spiro atoms. The number of fused-ring (bicyclic) bond motifs is 1. The Morgan fingerprint density at radius 1 is 1.12 bits per heavy atom. The van der Waals surface area contributed by atoms with Gasteiger partial charge in [0.15, 0.2) is 0 Å². The van der Waals surface area contributed by atoms with Crippen LogP contribution < -0.4 is 21.3 Å². The zero-order valence-electron chi connectivity index (χ0n) is 24.7. The van der Waals surface area contributed by atoms with Gasteiger partial charge in [0.2, 0.25) is 11.9 Å². The molecule has 1 fully saturated rings. The van der Waals surface area contributed by atoms with Crippen LogP contribution in [0.5, 0.6) is 0 Å². The van der Waals surface area contributed by atoms with Crippen LogP contribution in [0, 0.1) is 17.6 Å². The van der Waals surface area contributed by atoms with Gasteiger partial charge in [-0.2, -0.15) is 9.61 Å². The highest BCUT2D eigenvalue weighted by atomic mass is 19.1. The highest BCUT2D eigenvalue weighted by Gasteiger charge is 2.36. The number of piperidine rings is 1. The third kappa shape index (κ3) is 5.85. The Hall–Kier alpha value is -4.65. The van der Waals surface area contributed by atoms with E-state index in [1.807, 2.05) is 6.07 Å². The van der Waals surface area contributed by atoms with E-state index in [0.717, 1.165) is 17.8 Å². The summed E-state index contributed by atoms with van der Waals surface area (Å²) in [6.45, 7) is 8.27. The topological polar surface area (TPSA) is 134 Å². The zero-order valence-corrected chi connectivity index (χ0v) is 24.7. The molecule has 0 unspecified atom stereocenters. The van der Waals surface area contributed by atoms with E-state index in [-0.39, 0.29) is 41.2 Å². The fourth-order valence-corrected chi connectivity index (χ4v) is 5.67. The molecule has 4 aromatic rings. The number of hydrogen-bond acceptors (Lipinski definition) is 8. The molecular formula is C30H35F2N9O2. The van der Waals surface area contributed by atoms with Crippen molar-refractivity contribution in [2.75, 3.05) is 30.4 Å². The van der Waals surface area contributed by atoms with Crippen LogP contribution in [0.1, 0.15) is 38.1 Å². The number of pyridine rings is 1. The fourth-order valence-electron chi connectivity index (χ4n) is 5.67. The lowest BCUT2D eigenvalue weighted by atomic mass is 9.88. The van der Waals surface area contributed by atoms with E-state index >= 15 is 4.39 Å². The molecule has 4 heterocycles. The molecule has 3 aromatic heterocycles. The highest BCUT2D eigenvalue weighted by Crippen LogP contribution is 2.33. The number of nitrogens with one attached hydrogen (secondary N) is 2. The Morgan fingerprint density at radius 2 is 1.88 bits per heavy atom. The Morgan fingerprint density at radius 3 is 2.58 bits per heavy atom. The van der Waals surface area contributed by atoms with Crippen molar-refractivity contribution >= 4 is 34.7 Å². The van der Waals surface area contributed by atoms with E-state index in [2.05, 4.69) is 37.5 Å². The summed E-state index contributed by atoms with van der Waals surface area (Å²) in [5.74, 6) is -2.13. The molecule has 5 rings (SSSR count). The number of anilines is 3. The average Bonchev–Trinajstić information content (AvgIpc) is 3.34. The molecule has 1 aromatic carbocycles. The molecule has 0 saturated carbocycles. The average molecular weight is 592 g/mol. The van der Waals surface area contributed by atoms with E-state index in [9.17, 15) is 14.0 Å². The molecule has 13 heteroatoms. The Balaban J connectivity index is 1.47. The van der Waals surface area contributed by atoms with Gasteiger partial charge in [0.05, 0.1) is 52.1 Å². The molecule has 0 aliphatic carbocycles. The second-order valence-corrected chi connectivity index (χ2v) is 11.2. The molecule has 3 atom stereocenters. The van der Waals surface area contributed by atoms with Crippen LogP contribution in [0.15, 0.2) is 48.9 Å². The van der Waals surface area contributed by atoms with E-state index < -0.39 is 23.1 Å². The molecule has 43 heavy (non-hydrogen) atoms. The molecule has 226 valence electrons. The lowest BCUT2D eigenvalue weighted by Crippen LogP contribution is -2.62. The summed E-state index contributed by atoms with van der Waals surface area (Å²) < 4.78 is 31.9. The minimum Gasteiger partial charge on any atom is -0.368 e. The summed E-state index contributed by atoms with van der Waals surface area (Å²) in [7, 11) is 1.78. The van der Waals surface area contributed by atoms with Gasteiger partial charge in [-0.15, -0.1) is 0 Å². The number of nitrogens with two attached hydrogens (primary N) is 1. The van der Waals surface area contributed by atoms with Crippen molar-refractivity contribution in [2.24, 2.45) is 11.7 Å². The largest absolute Gasteiger partial charge is 0.368 e. The molecule has 1 aliphatic rings. The minimum atomic E-state index is -1.00. The smallest absolute Gasteiger partial charge is 0.254 e. The number of carbonyl (C=O) groups excluding carboxylic acids is 2. The first kappa shape index (κ1) is 29.8. The lowest BCUT2D eigenvalue weighted by molar-refractivity contribution is -0.131. The van der Waals surface area contributed by atoms with Gasteiger partial charge in [-0.3, -0.25) is 14.6 Å². The number of rotatable bonds is 7. The standard InChI is InChI=1S/C30H35F2N9O2/c1-16(2)36-29(43)20-7-8-21(31)26(27(20)32)23-9-6-19-12-35-30(41(19)38-23)37-24-13-34-11-10-25(24)40-14-17(3)28(22(33)15-40)39(5)18(4)42/h6-13,16-17,22,28H,14-15,33H2,1-5H3,(H,35,37)(H,36,43)/t17-,22+,28-/m0/s1. The molecule has 11 nitrogen and oxygen atoms in total. The molecule has 1 aliphatic heterocycles. The molecule has 0 bridgehead atoms. The van der Waals surface area contributed by atoms with Crippen molar-refractivity contribution in [3.05, 3.63) is 66.1 Å². The predicted molar refractivity (Wildman–Crippen MR) is 160 cm³/mol. The first-order chi connectivity index (χ1) is 20.5. The summed E-state index contributed by atoms with van der Waals surface area (Å²) in [4.78, 5) is 37.1. The Kier molecular flexibility index (Phi) is 8.27. The second-order valence-electron chi connectivity index (χ2n) is 11.2. The maximum absolute atomic E-state index is 15.5. The second kappa shape index (κ2) is 11.9. The van der Waals surface area contributed by atoms with Gasteiger partial charge in [0.1, 0.15) is 11.6 Å². The van der Waals surface area contributed by atoms with Gasteiger partial charge in [0, 0.05) is 45.3 Å². The summed E-state index contributed by atoms with van der Waals surface area (Å²) >= 11 is 0. The van der Waals surface area contributed by atoms with Crippen LogP contribution >= 0.6 is 0 Å². The summed E-state index contributed by atoms with van der Waals surface area (Å²) in [6, 6.07) is 6.56. The fraction of sp³-hybridized carbons (Fsp3) is 0.367. The normalized spacial score (nSPS) is 18.6. The van der Waals surface area contributed by atoms with E-state index in [4.69, 9.17) is 5.73 Å². The van der Waals surface area contributed by atoms with Crippen LogP contribution in [0.4, 0.5) is 26.1 Å². The first-order valence-corrected chi connectivity index (χ1v) is 14.0. The Labute approximate surface area is 248 Å². The third-order valence-electron chi connectivity index (χ3n) is 7.69. The van der Waals surface area contributed by atoms with Gasteiger partial charge in [-0.05, 0) is 50.1 Å². The number of nitrogens with zero attached hydrogens (tertiary/aromatic N) is 6. The van der Waals surface area contributed by atoms with E-state index in [1.165, 1.54) is 17.5 Å². The minimum absolute atomic E-state index is 0.00869. The molecule has 2 amide bonds. The van der Waals surface area contributed by atoms with Gasteiger partial charge >= 0.3 is 0 Å². The molecular weight excluding hydrogens is 556 g/mol. The van der Waals surface area contributed by atoms with Crippen LogP contribution in [0.3, 0.4) is 0 Å². The number of benzene rings is 1. The number of carbonyl (C=O) groups is 2. The maximum atomic E-state index is 15.5. The van der Waals surface area contributed by atoms with Crippen LogP contribution in [0.25, 0.3) is 16.8 Å². The predicted octanol–water partition coefficient (Wildman–Crippen LogP) is 3.58. The van der Waals surface area contributed by atoms with Crippen molar-refractivity contribution < 1.29 is 18.4 Å². The third-order valence-corrected chi connectivity index (χ3v) is 7.69. The number of imidazole rings is 1. The number of likely N-dealkylation sites (N-methyl/N-ethyl adjacent to an activating group) is 1. The number of aromatic nitrogens is 4. The first-order valence-electron chi connectivity index (χ1n) is 14.0. The van der Waals surface area contributed by atoms with Crippen molar-refractivity contribution in [1.29, 1.82) is 0 Å². The lowest BCUT2D eigenvalue weighted by Gasteiger charge is -2.46. The molecule has 4 N–H and O–H groups in total. The van der Waals surface area contributed by atoms with Gasteiger partial charge in [-0.25, -0.2) is 13.8 Å². The molecule has 1 saturated heterocycles. The molecule has 0 radical (unpaired) electrons. The quantitative estimate of drug-likeness (QED) is 0.297. The maximum Gasteiger partial charge on any atom is 0.254 e. The van der Waals surface area contributed by atoms with Crippen molar-refractivity contribution in [3.63, 3.8) is 0 Å². The number of hydrogen-bond donors (Lipinski definition) is 3. The summed E-state index contributed by atoms with van der Waals surface area (Å²) in [5, 5.41) is 10.4. The highest BCUT2D eigenvalue weighted by molar-refractivity contribution is 5.96. The van der Waals surface area contributed by atoms with Crippen molar-refractivity contribution in [1.82, 2.24) is 29.8 Å². The SMILES string of the molecule is CC(=O)N(C)[C@@H]1[C@H](N)CN(c2ccncc2Nc2ncc3ccc(-c4c(F)ccc(C(=O)NC(C)C)c4F)nn23)C[C@@H]1C. The van der Waals surface area contributed by atoms with Crippen LogP contribution in [0.2, 0.25) is 0 Å². The zero-order chi connectivity index (χ0) is 31.0. The summed E-state index contributed by atoms with van der Waals surface area (Å²) in [5.41, 5.74) is 7.90. The van der Waals surface area contributed by atoms with Gasteiger partial charge in [-0.1, -0.05) is 6.92 Å².